The van der Waals surface area contributed by atoms with Crippen LogP contribution in [0.4, 0.5) is 5.69 Å². The van der Waals surface area contributed by atoms with Crippen molar-refractivity contribution in [2.45, 2.75) is 9.79 Å². The molecule has 8 aromatic carbocycles. The predicted octanol–water partition coefficient (Wildman–Crippen LogP) is 12.7. The summed E-state index contributed by atoms with van der Waals surface area (Å²) in [6, 6.07) is 66.6. The normalized spacial score (nSPS) is 15.3. The van der Waals surface area contributed by atoms with Gasteiger partial charge in [0.25, 0.3) is 0 Å². The summed E-state index contributed by atoms with van der Waals surface area (Å²) >= 11 is 0. The maximum absolute atomic E-state index is 15.8. The highest BCUT2D eigenvalue weighted by Crippen LogP contribution is 2.41. The molecular weight excluding hydrogens is 693 g/mol. The van der Waals surface area contributed by atoms with Gasteiger partial charge in [0.15, 0.2) is 0 Å². The molecule has 2 aromatic heterocycles. The molecule has 10 aromatic rings. The fraction of sp³-hybridized carbons (Fsp3) is 0. The standard InChI is InChI=1S/C49H32N4OS/c54-55(38-18-8-3-9-19-38)48-32-37(52-44-22-12-10-20-39(44)41-30-35(24-28-46(41)52)33-14-4-1-5-15-33)26-27-43(48)50-49(51-55)53-45-23-13-11-21-40(45)42-31-36(25-29-47(42)53)34-16-6-2-7-17-34/h1-32H. The lowest BCUT2D eigenvalue weighted by Gasteiger charge is -2.21. The van der Waals surface area contributed by atoms with E-state index in [9.17, 15) is 0 Å². The molecular formula is C49H32N4OS. The molecule has 1 atom stereocenters. The van der Waals surface area contributed by atoms with Crippen LogP contribution in [0.1, 0.15) is 0 Å². The highest BCUT2D eigenvalue weighted by Gasteiger charge is 2.28. The van der Waals surface area contributed by atoms with E-state index in [2.05, 4.69) is 143 Å². The number of aromatic nitrogens is 2. The van der Waals surface area contributed by atoms with E-state index in [-0.39, 0.29) is 0 Å². The van der Waals surface area contributed by atoms with Gasteiger partial charge in [0.2, 0.25) is 5.96 Å². The molecule has 1 aliphatic rings. The second-order valence-electron chi connectivity index (χ2n) is 13.9. The van der Waals surface area contributed by atoms with Gasteiger partial charge in [-0.25, -0.2) is 9.20 Å². The topological polar surface area (TPSA) is 51.6 Å². The van der Waals surface area contributed by atoms with Crippen molar-refractivity contribution in [3.8, 4) is 27.9 Å². The fourth-order valence-corrected chi connectivity index (χ4v) is 10.2. The van der Waals surface area contributed by atoms with Crippen LogP contribution in [0.25, 0.3) is 71.6 Å². The lowest BCUT2D eigenvalue weighted by molar-refractivity contribution is 0.676. The zero-order valence-corrected chi connectivity index (χ0v) is 30.4. The Balaban J connectivity index is 1.14. The molecule has 0 spiro atoms. The maximum Gasteiger partial charge on any atom is 0.244 e. The van der Waals surface area contributed by atoms with Crippen molar-refractivity contribution in [2.24, 2.45) is 9.36 Å². The number of aliphatic imine (C=N–C) groups is 1. The third kappa shape index (κ3) is 4.92. The highest BCUT2D eigenvalue weighted by molar-refractivity contribution is 7.94. The largest absolute Gasteiger partial charge is 0.309 e. The molecule has 0 saturated carbocycles. The molecule has 3 heterocycles. The molecule has 0 aliphatic carbocycles. The predicted molar refractivity (Wildman–Crippen MR) is 227 cm³/mol. The van der Waals surface area contributed by atoms with Crippen LogP contribution in [-0.4, -0.2) is 19.3 Å². The zero-order valence-electron chi connectivity index (χ0n) is 29.6. The summed E-state index contributed by atoms with van der Waals surface area (Å²) < 4.78 is 25.3. The van der Waals surface area contributed by atoms with Gasteiger partial charge < -0.3 is 4.57 Å². The molecule has 0 saturated heterocycles. The zero-order chi connectivity index (χ0) is 36.5. The van der Waals surface area contributed by atoms with Crippen LogP contribution in [0, 0.1) is 0 Å². The average molecular weight is 725 g/mol. The molecule has 0 N–H and O–H groups in total. The van der Waals surface area contributed by atoms with Gasteiger partial charge in [-0.05, 0) is 89.0 Å². The van der Waals surface area contributed by atoms with Crippen LogP contribution in [0.5, 0.6) is 0 Å². The number of para-hydroxylation sites is 2. The summed E-state index contributed by atoms with van der Waals surface area (Å²) in [4.78, 5) is 6.44. The average Bonchev–Trinajstić information content (AvgIpc) is 3.77. The minimum Gasteiger partial charge on any atom is -0.309 e. The van der Waals surface area contributed by atoms with Gasteiger partial charge in [-0.3, -0.25) is 4.57 Å². The fourth-order valence-electron chi connectivity index (χ4n) is 8.18. The number of benzene rings is 8. The minimum atomic E-state index is -3.19. The molecule has 55 heavy (non-hydrogen) atoms. The highest BCUT2D eigenvalue weighted by atomic mass is 32.2. The van der Waals surface area contributed by atoms with E-state index in [1.54, 1.807) is 0 Å². The smallest absolute Gasteiger partial charge is 0.244 e. The van der Waals surface area contributed by atoms with Crippen LogP contribution in [0.15, 0.2) is 213 Å². The Labute approximate surface area is 318 Å². The Bertz CT molecular complexity index is 3300. The second-order valence-corrected chi connectivity index (χ2v) is 16.0. The Kier molecular flexibility index (Phi) is 7.03. The molecule has 1 unspecified atom stereocenters. The summed E-state index contributed by atoms with van der Waals surface area (Å²) in [6.45, 7) is 0. The van der Waals surface area contributed by atoms with Gasteiger partial charge in [0, 0.05) is 27.2 Å². The van der Waals surface area contributed by atoms with Crippen molar-refractivity contribution in [1.82, 2.24) is 9.13 Å². The molecule has 0 amide bonds. The summed E-state index contributed by atoms with van der Waals surface area (Å²) in [5.41, 5.74) is 10.2. The molecule has 1 aliphatic heterocycles. The SMILES string of the molecule is O=S1(c2ccccc2)=NC(n2c3ccccc3c3cc(-c4ccccc4)ccc32)=Nc2ccc(-n3c4ccccc4c4cc(-c5ccccc5)ccc43)cc21. The van der Waals surface area contributed by atoms with Gasteiger partial charge in [-0.15, -0.1) is 0 Å². The van der Waals surface area contributed by atoms with Crippen LogP contribution in [-0.2, 0) is 9.73 Å². The quantitative estimate of drug-likeness (QED) is 0.178. The van der Waals surface area contributed by atoms with Gasteiger partial charge in [-0.1, -0.05) is 127 Å². The van der Waals surface area contributed by atoms with Crippen molar-refractivity contribution >= 4 is 65.0 Å². The van der Waals surface area contributed by atoms with Crippen molar-refractivity contribution in [3.63, 3.8) is 0 Å². The Morgan fingerprint density at radius 2 is 0.891 bits per heavy atom. The first kappa shape index (κ1) is 31.5. The Hall–Kier alpha value is -7.02. The number of fused-ring (bicyclic) bond motifs is 7. The third-order valence-corrected chi connectivity index (χ3v) is 13.0. The molecule has 11 rings (SSSR count). The first-order valence-electron chi connectivity index (χ1n) is 18.4. The van der Waals surface area contributed by atoms with Crippen LogP contribution in [0.3, 0.4) is 0 Å². The lowest BCUT2D eigenvalue weighted by Crippen LogP contribution is -2.17. The van der Waals surface area contributed by atoms with Gasteiger partial charge in [0.05, 0.1) is 37.5 Å². The first-order chi connectivity index (χ1) is 27.1. The molecule has 0 fully saturated rings. The van der Waals surface area contributed by atoms with E-state index >= 15 is 4.21 Å². The summed E-state index contributed by atoms with van der Waals surface area (Å²) in [6.07, 6.45) is 0. The molecule has 5 nitrogen and oxygen atoms in total. The molecule has 260 valence electrons. The number of hydrogen-bond acceptors (Lipinski definition) is 3. The summed E-state index contributed by atoms with van der Waals surface area (Å²) in [5.74, 6) is 0.401. The van der Waals surface area contributed by atoms with Crippen molar-refractivity contribution < 1.29 is 4.21 Å². The molecule has 0 radical (unpaired) electrons. The summed E-state index contributed by atoms with van der Waals surface area (Å²) in [7, 11) is -3.19. The monoisotopic (exact) mass is 724 g/mol. The van der Waals surface area contributed by atoms with Crippen molar-refractivity contribution in [3.05, 3.63) is 194 Å². The lowest BCUT2D eigenvalue weighted by atomic mass is 10.0. The van der Waals surface area contributed by atoms with E-state index in [1.807, 2.05) is 60.7 Å². The number of nitrogens with zero attached hydrogens (tertiary/aromatic N) is 4. The molecule has 0 bridgehead atoms. The van der Waals surface area contributed by atoms with Crippen molar-refractivity contribution in [1.29, 1.82) is 0 Å². The van der Waals surface area contributed by atoms with E-state index in [0.717, 1.165) is 66.0 Å². The van der Waals surface area contributed by atoms with Gasteiger partial charge >= 0.3 is 0 Å². The maximum atomic E-state index is 15.8. The summed E-state index contributed by atoms with van der Waals surface area (Å²) in [5, 5.41) is 4.49. The second kappa shape index (κ2) is 12.3. The van der Waals surface area contributed by atoms with Crippen LogP contribution < -0.4 is 0 Å². The van der Waals surface area contributed by atoms with Crippen LogP contribution >= 0.6 is 0 Å². The van der Waals surface area contributed by atoms with Gasteiger partial charge in [0.1, 0.15) is 9.73 Å². The van der Waals surface area contributed by atoms with E-state index in [1.165, 1.54) is 5.56 Å². The van der Waals surface area contributed by atoms with Crippen molar-refractivity contribution in [2.75, 3.05) is 0 Å². The van der Waals surface area contributed by atoms with Gasteiger partial charge in [-0.2, -0.15) is 4.36 Å². The first-order valence-corrected chi connectivity index (χ1v) is 19.9. The Morgan fingerprint density at radius 3 is 1.49 bits per heavy atom. The van der Waals surface area contributed by atoms with E-state index < -0.39 is 9.73 Å². The number of rotatable bonds is 4. The number of hydrogen-bond donors (Lipinski definition) is 0. The van der Waals surface area contributed by atoms with E-state index in [4.69, 9.17) is 9.36 Å². The Morgan fingerprint density at radius 1 is 0.400 bits per heavy atom. The van der Waals surface area contributed by atoms with E-state index in [0.29, 0.717) is 21.4 Å². The molecule has 6 heteroatoms. The third-order valence-electron chi connectivity index (χ3n) is 10.8. The van der Waals surface area contributed by atoms with Crippen LogP contribution in [0.2, 0.25) is 0 Å². The minimum absolute atomic E-state index is 0.401.